The molecule has 0 aromatic heterocycles. The van der Waals surface area contributed by atoms with E-state index < -0.39 is 26.3 Å². The third kappa shape index (κ3) is 11.0. The molecular weight excluding hydrogens is 621 g/mol. The van der Waals surface area contributed by atoms with Crippen molar-refractivity contribution in [2.24, 2.45) is 0 Å². The number of ketones is 1. The van der Waals surface area contributed by atoms with E-state index in [2.05, 4.69) is 33.9 Å². The zero-order valence-electron chi connectivity index (χ0n) is 28.6. The standard InChI is InChI=1S/C40H48O7Si/c1-40(2,3)48(4,5)47-28-33-23-34(45-26-31-17-11-7-12-18-31)24-38(46-27-32-19-13-8-14-20-32)39(33)36(42)22-21-35(41)37(43)29-44-25-30-15-9-6-10-16-30/h6-24,35,37,41,43H,25-29H2,1-5H3/b22-21+/t35-,37-/m1/s1. The highest BCUT2D eigenvalue weighted by Gasteiger charge is 2.37. The first kappa shape index (κ1) is 36.8. The first-order valence-electron chi connectivity index (χ1n) is 16.3. The average Bonchev–Trinajstić information content (AvgIpc) is 3.08. The van der Waals surface area contributed by atoms with E-state index in [1.807, 2.05) is 97.1 Å². The number of aliphatic hydroxyl groups excluding tert-OH is 2. The Kier molecular flexibility index (Phi) is 13.3. The second kappa shape index (κ2) is 17.4. The lowest BCUT2D eigenvalue weighted by atomic mass is 10.0. The van der Waals surface area contributed by atoms with Crippen molar-refractivity contribution in [2.45, 2.75) is 77.5 Å². The first-order chi connectivity index (χ1) is 22.9. The van der Waals surface area contributed by atoms with Crippen molar-refractivity contribution in [3.8, 4) is 11.5 Å². The van der Waals surface area contributed by atoms with Gasteiger partial charge in [-0.1, -0.05) is 112 Å². The minimum Gasteiger partial charge on any atom is -0.489 e. The molecule has 0 aliphatic carbocycles. The number of ether oxygens (including phenoxy) is 3. The molecular formula is C40H48O7Si. The van der Waals surface area contributed by atoms with E-state index in [-0.39, 0.29) is 24.9 Å². The number of benzene rings is 4. The zero-order valence-corrected chi connectivity index (χ0v) is 29.6. The van der Waals surface area contributed by atoms with E-state index in [9.17, 15) is 15.0 Å². The predicted molar refractivity (Wildman–Crippen MR) is 192 cm³/mol. The summed E-state index contributed by atoms with van der Waals surface area (Å²) in [5.41, 5.74) is 3.83. The van der Waals surface area contributed by atoms with Crippen LogP contribution in [0.4, 0.5) is 0 Å². The predicted octanol–water partition coefficient (Wildman–Crippen LogP) is 8.04. The Morgan fingerprint density at radius 2 is 1.27 bits per heavy atom. The van der Waals surface area contributed by atoms with Gasteiger partial charge in [-0.05, 0) is 58.6 Å². The molecule has 0 saturated heterocycles. The summed E-state index contributed by atoms with van der Waals surface area (Å²) in [7, 11) is -2.21. The van der Waals surface area contributed by atoms with Crippen LogP contribution in [0.5, 0.6) is 11.5 Å². The van der Waals surface area contributed by atoms with Gasteiger partial charge in [0.1, 0.15) is 36.9 Å². The fourth-order valence-electron chi connectivity index (χ4n) is 4.55. The highest BCUT2D eigenvalue weighted by Crippen LogP contribution is 2.38. The summed E-state index contributed by atoms with van der Waals surface area (Å²) in [4.78, 5) is 14.0. The molecule has 0 unspecified atom stereocenters. The van der Waals surface area contributed by atoms with Gasteiger partial charge in [-0.3, -0.25) is 4.79 Å². The minimum atomic E-state index is -2.21. The van der Waals surface area contributed by atoms with Crippen LogP contribution < -0.4 is 9.47 Å². The zero-order chi connectivity index (χ0) is 34.6. The largest absolute Gasteiger partial charge is 0.489 e. The van der Waals surface area contributed by atoms with E-state index in [1.165, 1.54) is 12.2 Å². The van der Waals surface area contributed by atoms with Crippen LogP contribution in [-0.4, -0.2) is 43.1 Å². The number of carbonyl (C=O) groups excluding carboxylic acids is 1. The number of hydrogen-bond acceptors (Lipinski definition) is 7. The molecule has 8 heteroatoms. The fraction of sp³-hybridized carbons (Fsp3) is 0.325. The van der Waals surface area contributed by atoms with Crippen molar-refractivity contribution in [2.75, 3.05) is 6.61 Å². The smallest absolute Gasteiger partial charge is 0.192 e. The maximum atomic E-state index is 14.0. The summed E-state index contributed by atoms with van der Waals surface area (Å²) in [5, 5.41) is 21.2. The molecule has 0 spiro atoms. The van der Waals surface area contributed by atoms with Gasteiger partial charge in [-0.2, -0.15) is 0 Å². The van der Waals surface area contributed by atoms with Crippen LogP contribution >= 0.6 is 0 Å². The van der Waals surface area contributed by atoms with Crippen LogP contribution in [0.15, 0.2) is 115 Å². The molecule has 4 aromatic rings. The van der Waals surface area contributed by atoms with Crippen LogP contribution in [0.3, 0.4) is 0 Å². The summed E-state index contributed by atoms with van der Waals surface area (Å²) < 4.78 is 24.7. The van der Waals surface area contributed by atoms with Gasteiger partial charge in [0, 0.05) is 6.07 Å². The molecule has 7 nitrogen and oxygen atoms in total. The molecule has 0 saturated carbocycles. The first-order valence-corrected chi connectivity index (χ1v) is 19.2. The Balaban J connectivity index is 1.61. The Hall–Kier alpha value is -4.05. The van der Waals surface area contributed by atoms with Crippen molar-refractivity contribution in [3.05, 3.63) is 143 Å². The molecule has 0 amide bonds. The molecule has 4 rings (SSSR count). The Bertz CT molecular complexity index is 1600. The highest BCUT2D eigenvalue weighted by molar-refractivity contribution is 6.74. The van der Waals surface area contributed by atoms with E-state index in [0.29, 0.717) is 35.8 Å². The van der Waals surface area contributed by atoms with E-state index >= 15 is 0 Å². The molecule has 2 atom stereocenters. The molecule has 0 aliphatic heterocycles. The second-order valence-electron chi connectivity index (χ2n) is 13.3. The molecule has 0 heterocycles. The second-order valence-corrected chi connectivity index (χ2v) is 18.1. The maximum absolute atomic E-state index is 14.0. The summed E-state index contributed by atoms with van der Waals surface area (Å²) in [6.45, 7) is 11.8. The van der Waals surface area contributed by atoms with Crippen molar-refractivity contribution in [1.29, 1.82) is 0 Å². The van der Waals surface area contributed by atoms with Gasteiger partial charge in [0.25, 0.3) is 0 Å². The monoisotopic (exact) mass is 668 g/mol. The van der Waals surface area contributed by atoms with Crippen LogP contribution in [-0.2, 0) is 35.6 Å². The highest BCUT2D eigenvalue weighted by atomic mass is 28.4. The van der Waals surface area contributed by atoms with E-state index in [1.54, 1.807) is 6.07 Å². The molecule has 0 bridgehead atoms. The minimum absolute atomic E-state index is 0.0477. The van der Waals surface area contributed by atoms with Gasteiger partial charge >= 0.3 is 0 Å². The van der Waals surface area contributed by atoms with Crippen LogP contribution in [0.25, 0.3) is 0 Å². The number of carbonyl (C=O) groups is 1. The molecule has 0 fully saturated rings. The van der Waals surface area contributed by atoms with E-state index in [0.717, 1.165) is 16.7 Å². The summed E-state index contributed by atoms with van der Waals surface area (Å²) in [6, 6.07) is 32.7. The van der Waals surface area contributed by atoms with Crippen LogP contribution in [0.1, 0.15) is 53.4 Å². The Morgan fingerprint density at radius 3 is 1.81 bits per heavy atom. The topological polar surface area (TPSA) is 94.5 Å². The lowest BCUT2D eigenvalue weighted by Crippen LogP contribution is -2.40. The summed E-state index contributed by atoms with van der Waals surface area (Å²) in [6.07, 6.45) is 0.0226. The average molecular weight is 669 g/mol. The summed E-state index contributed by atoms with van der Waals surface area (Å²) in [5.74, 6) is 0.495. The van der Waals surface area contributed by atoms with Crippen molar-refractivity contribution >= 4 is 14.1 Å². The van der Waals surface area contributed by atoms with Crippen LogP contribution in [0.2, 0.25) is 18.1 Å². The molecule has 2 N–H and O–H groups in total. The SMILES string of the molecule is CC(C)(C)[Si](C)(C)OCc1cc(OCc2ccccc2)cc(OCc2ccccc2)c1C(=O)/C=C/[C@@H](O)[C@H](O)COCc1ccccc1. The third-order valence-electron chi connectivity index (χ3n) is 8.52. The molecule has 4 aromatic carbocycles. The lowest BCUT2D eigenvalue weighted by molar-refractivity contribution is -0.0248. The van der Waals surface area contributed by atoms with Crippen LogP contribution in [0, 0.1) is 0 Å². The van der Waals surface area contributed by atoms with Gasteiger partial charge in [-0.25, -0.2) is 0 Å². The third-order valence-corrected chi connectivity index (χ3v) is 13.0. The normalized spacial score (nSPS) is 13.3. The Morgan fingerprint density at radius 1 is 0.750 bits per heavy atom. The lowest BCUT2D eigenvalue weighted by Gasteiger charge is -2.36. The number of hydrogen-bond donors (Lipinski definition) is 2. The number of allylic oxidation sites excluding steroid dienone is 1. The van der Waals surface area contributed by atoms with E-state index in [4.69, 9.17) is 18.6 Å². The number of rotatable bonds is 17. The van der Waals surface area contributed by atoms with Crippen molar-refractivity contribution < 1.29 is 33.6 Å². The van der Waals surface area contributed by atoms with Crippen molar-refractivity contribution in [1.82, 2.24) is 0 Å². The molecule has 48 heavy (non-hydrogen) atoms. The van der Waals surface area contributed by atoms with Crippen molar-refractivity contribution in [3.63, 3.8) is 0 Å². The number of aliphatic hydroxyl groups is 2. The molecule has 0 radical (unpaired) electrons. The fourth-order valence-corrected chi connectivity index (χ4v) is 5.50. The molecule has 0 aliphatic rings. The Labute approximate surface area is 285 Å². The summed E-state index contributed by atoms with van der Waals surface area (Å²) >= 11 is 0. The van der Waals surface area contributed by atoms with Gasteiger partial charge in [0.05, 0.1) is 25.4 Å². The van der Waals surface area contributed by atoms with Gasteiger partial charge in [0.2, 0.25) is 0 Å². The molecule has 254 valence electrons. The van der Waals surface area contributed by atoms with Gasteiger partial charge in [-0.15, -0.1) is 0 Å². The maximum Gasteiger partial charge on any atom is 0.192 e. The van der Waals surface area contributed by atoms with Gasteiger partial charge in [0.15, 0.2) is 14.1 Å². The quantitative estimate of drug-likeness (QED) is 0.0668. The van der Waals surface area contributed by atoms with Gasteiger partial charge < -0.3 is 28.8 Å².